The zero-order valence-electron chi connectivity index (χ0n) is 9.65. The molecule has 0 aromatic heterocycles. The fourth-order valence-corrected chi connectivity index (χ4v) is 1.52. The van der Waals surface area contributed by atoms with Crippen LogP contribution in [0.3, 0.4) is 0 Å². The van der Waals surface area contributed by atoms with E-state index in [1.807, 2.05) is 0 Å². The molecule has 4 heteroatoms. The highest BCUT2D eigenvalue weighted by atomic mass is 16.5. The summed E-state index contributed by atoms with van der Waals surface area (Å²) in [5.74, 6) is 0.212. The number of phenolic OH excluding ortho intramolecular Hbond substituents is 1. The van der Waals surface area contributed by atoms with Gasteiger partial charge in [-0.15, -0.1) is 0 Å². The first-order chi connectivity index (χ1) is 7.46. The molecule has 88 valence electrons. The van der Waals surface area contributed by atoms with Crippen molar-refractivity contribution in [3.63, 3.8) is 0 Å². The van der Waals surface area contributed by atoms with Crippen molar-refractivity contribution in [2.75, 3.05) is 13.7 Å². The number of aliphatic hydroxyl groups is 1. The molecule has 1 aromatic rings. The van der Waals surface area contributed by atoms with Crippen LogP contribution in [0, 0.1) is 0 Å². The lowest BCUT2D eigenvalue weighted by Gasteiger charge is -2.24. The van der Waals surface area contributed by atoms with E-state index in [9.17, 15) is 15.0 Å². The van der Waals surface area contributed by atoms with Gasteiger partial charge in [-0.25, -0.2) is 0 Å². The van der Waals surface area contributed by atoms with Crippen molar-refractivity contribution in [2.45, 2.75) is 19.3 Å². The fourth-order valence-electron chi connectivity index (χ4n) is 1.52. The lowest BCUT2D eigenvalue weighted by atomic mass is 9.82. The maximum Gasteiger partial charge on any atom is 0.161 e. The van der Waals surface area contributed by atoms with Crippen molar-refractivity contribution < 1.29 is 19.7 Å². The number of aldehydes is 1. The standard InChI is InChI=1S/C12H16O4/c1-12(2,7-14)9-5-10(15)11(16-3)4-8(9)6-13/h4-6,14-15H,7H2,1-3H3. The minimum absolute atomic E-state index is 0.0374. The van der Waals surface area contributed by atoms with Crippen LogP contribution >= 0.6 is 0 Å². The number of methoxy groups -OCH3 is 1. The molecule has 0 aliphatic carbocycles. The number of ether oxygens (including phenoxy) is 1. The Morgan fingerprint density at radius 3 is 2.50 bits per heavy atom. The minimum Gasteiger partial charge on any atom is -0.504 e. The van der Waals surface area contributed by atoms with Crippen LogP contribution in [-0.4, -0.2) is 30.2 Å². The molecule has 0 amide bonds. The van der Waals surface area contributed by atoms with Crippen LogP contribution < -0.4 is 4.74 Å². The summed E-state index contributed by atoms with van der Waals surface area (Å²) in [5, 5.41) is 18.9. The summed E-state index contributed by atoms with van der Waals surface area (Å²) in [6.45, 7) is 3.47. The Labute approximate surface area is 94.5 Å². The van der Waals surface area contributed by atoms with Crippen molar-refractivity contribution in [3.05, 3.63) is 23.3 Å². The Morgan fingerprint density at radius 2 is 2.06 bits per heavy atom. The van der Waals surface area contributed by atoms with Gasteiger partial charge in [-0.2, -0.15) is 0 Å². The molecule has 0 fully saturated rings. The summed E-state index contributed by atoms with van der Waals surface area (Å²) in [7, 11) is 1.42. The smallest absolute Gasteiger partial charge is 0.161 e. The van der Waals surface area contributed by atoms with Crippen LogP contribution in [0.2, 0.25) is 0 Å². The monoisotopic (exact) mass is 224 g/mol. The van der Waals surface area contributed by atoms with Gasteiger partial charge in [-0.1, -0.05) is 13.8 Å². The van der Waals surface area contributed by atoms with Gasteiger partial charge in [0.05, 0.1) is 13.7 Å². The molecular formula is C12H16O4. The highest BCUT2D eigenvalue weighted by Crippen LogP contribution is 2.34. The van der Waals surface area contributed by atoms with Gasteiger partial charge in [-0.05, 0) is 17.7 Å². The topological polar surface area (TPSA) is 66.8 Å². The predicted molar refractivity (Wildman–Crippen MR) is 60.2 cm³/mol. The molecule has 0 saturated carbocycles. The molecule has 0 heterocycles. The van der Waals surface area contributed by atoms with E-state index in [-0.39, 0.29) is 18.1 Å². The first-order valence-electron chi connectivity index (χ1n) is 4.93. The third-order valence-corrected chi connectivity index (χ3v) is 2.60. The SMILES string of the molecule is COc1cc(C=O)c(C(C)(C)CO)cc1O. The Hall–Kier alpha value is -1.55. The van der Waals surface area contributed by atoms with Gasteiger partial charge in [0.15, 0.2) is 11.5 Å². The molecule has 0 unspecified atom stereocenters. The molecule has 1 rings (SSSR count). The fraction of sp³-hybridized carbons (Fsp3) is 0.417. The van der Waals surface area contributed by atoms with Crippen LogP contribution in [0.5, 0.6) is 11.5 Å². The Morgan fingerprint density at radius 1 is 1.44 bits per heavy atom. The normalized spacial score (nSPS) is 11.2. The molecule has 0 bridgehead atoms. The van der Waals surface area contributed by atoms with Crippen molar-refractivity contribution >= 4 is 6.29 Å². The number of phenols is 1. The number of carbonyl (C=O) groups is 1. The number of benzene rings is 1. The summed E-state index contributed by atoms with van der Waals surface area (Å²) in [6, 6.07) is 2.92. The van der Waals surface area contributed by atoms with Crippen molar-refractivity contribution in [1.29, 1.82) is 0 Å². The summed E-state index contributed by atoms with van der Waals surface area (Å²) in [6.07, 6.45) is 0.689. The van der Waals surface area contributed by atoms with Crippen molar-refractivity contribution in [3.8, 4) is 11.5 Å². The maximum absolute atomic E-state index is 11.0. The minimum atomic E-state index is -0.583. The van der Waals surface area contributed by atoms with Gasteiger partial charge in [0.25, 0.3) is 0 Å². The lowest BCUT2D eigenvalue weighted by Crippen LogP contribution is -2.23. The highest BCUT2D eigenvalue weighted by Gasteiger charge is 2.24. The van der Waals surface area contributed by atoms with E-state index in [2.05, 4.69) is 0 Å². The molecule has 0 saturated heterocycles. The number of rotatable bonds is 4. The number of aromatic hydroxyl groups is 1. The molecule has 0 atom stereocenters. The first kappa shape index (κ1) is 12.5. The Kier molecular flexibility index (Phi) is 3.55. The number of hydrogen-bond donors (Lipinski definition) is 2. The second-order valence-electron chi connectivity index (χ2n) is 4.27. The van der Waals surface area contributed by atoms with Crippen LogP contribution in [0.15, 0.2) is 12.1 Å². The molecule has 0 spiro atoms. The molecule has 4 nitrogen and oxygen atoms in total. The van der Waals surface area contributed by atoms with E-state index in [1.165, 1.54) is 19.2 Å². The second kappa shape index (κ2) is 4.53. The Bertz CT molecular complexity index is 396. The third-order valence-electron chi connectivity index (χ3n) is 2.60. The van der Waals surface area contributed by atoms with Crippen LogP contribution in [-0.2, 0) is 5.41 Å². The van der Waals surface area contributed by atoms with Gasteiger partial charge >= 0.3 is 0 Å². The molecule has 1 aromatic carbocycles. The van der Waals surface area contributed by atoms with E-state index in [0.29, 0.717) is 17.4 Å². The summed E-state index contributed by atoms with van der Waals surface area (Å²) in [4.78, 5) is 11.0. The van der Waals surface area contributed by atoms with Crippen molar-refractivity contribution in [1.82, 2.24) is 0 Å². The lowest BCUT2D eigenvalue weighted by molar-refractivity contribution is 0.111. The molecular weight excluding hydrogens is 208 g/mol. The molecule has 16 heavy (non-hydrogen) atoms. The van der Waals surface area contributed by atoms with Gasteiger partial charge in [0.2, 0.25) is 0 Å². The quantitative estimate of drug-likeness (QED) is 0.760. The van der Waals surface area contributed by atoms with E-state index >= 15 is 0 Å². The van der Waals surface area contributed by atoms with E-state index in [4.69, 9.17) is 4.74 Å². The Balaban J connectivity index is 3.40. The van der Waals surface area contributed by atoms with Crippen molar-refractivity contribution in [2.24, 2.45) is 0 Å². The van der Waals surface area contributed by atoms with Gasteiger partial charge in [0.1, 0.15) is 6.29 Å². The summed E-state index contributed by atoms with van der Waals surface area (Å²) >= 11 is 0. The predicted octanol–water partition coefficient (Wildman–Crippen LogP) is 1.48. The summed E-state index contributed by atoms with van der Waals surface area (Å²) in [5.41, 5.74) is 0.428. The average molecular weight is 224 g/mol. The van der Waals surface area contributed by atoms with Crippen LogP contribution in [0.4, 0.5) is 0 Å². The molecule has 0 aliphatic heterocycles. The highest BCUT2D eigenvalue weighted by molar-refractivity contribution is 5.80. The van der Waals surface area contributed by atoms with E-state index in [1.54, 1.807) is 13.8 Å². The second-order valence-corrected chi connectivity index (χ2v) is 4.27. The average Bonchev–Trinajstić information content (AvgIpc) is 2.28. The summed E-state index contributed by atoms with van der Waals surface area (Å²) < 4.78 is 4.92. The van der Waals surface area contributed by atoms with Gasteiger partial charge < -0.3 is 14.9 Å². The zero-order valence-corrected chi connectivity index (χ0v) is 9.65. The third kappa shape index (κ3) is 2.17. The van der Waals surface area contributed by atoms with Gasteiger partial charge in [0, 0.05) is 11.0 Å². The molecule has 0 aliphatic rings. The zero-order chi connectivity index (χ0) is 12.3. The van der Waals surface area contributed by atoms with Gasteiger partial charge in [-0.3, -0.25) is 4.79 Å². The number of carbonyl (C=O) groups excluding carboxylic acids is 1. The number of aliphatic hydroxyl groups excluding tert-OH is 1. The molecule has 0 radical (unpaired) electrons. The van der Waals surface area contributed by atoms with E-state index in [0.717, 1.165) is 0 Å². The molecule has 2 N–H and O–H groups in total. The van der Waals surface area contributed by atoms with Crippen LogP contribution in [0.25, 0.3) is 0 Å². The van der Waals surface area contributed by atoms with Crippen LogP contribution in [0.1, 0.15) is 29.8 Å². The van der Waals surface area contributed by atoms with E-state index < -0.39 is 5.41 Å². The maximum atomic E-state index is 11.0. The largest absolute Gasteiger partial charge is 0.504 e. The first-order valence-corrected chi connectivity index (χ1v) is 4.93. The number of hydrogen-bond acceptors (Lipinski definition) is 4.